The van der Waals surface area contributed by atoms with Crippen LogP contribution in [-0.2, 0) is 13.0 Å². The summed E-state index contributed by atoms with van der Waals surface area (Å²) in [5, 5.41) is 5.08. The van der Waals surface area contributed by atoms with Crippen LogP contribution in [0.15, 0.2) is 35.7 Å². The van der Waals surface area contributed by atoms with E-state index in [0.717, 1.165) is 50.6 Å². The number of hydrogen-bond acceptors (Lipinski definition) is 4. The van der Waals surface area contributed by atoms with Gasteiger partial charge in [-0.1, -0.05) is 43.7 Å². The molecule has 0 saturated heterocycles. The van der Waals surface area contributed by atoms with Gasteiger partial charge in [0, 0.05) is 17.8 Å². The number of nitrogens with two attached hydrogens (primary N) is 1. The third-order valence-electron chi connectivity index (χ3n) is 5.02. The van der Waals surface area contributed by atoms with Crippen molar-refractivity contribution >= 4 is 22.9 Å². The number of amides is 1. The number of nitrogens with one attached hydrogen (secondary N) is 1. The Bertz CT molecular complexity index is 1020. The average Bonchev–Trinajstić information content (AvgIpc) is 3.10. The number of rotatable bonds is 6. The van der Waals surface area contributed by atoms with Crippen molar-refractivity contribution in [3.05, 3.63) is 68.7 Å². The van der Waals surface area contributed by atoms with Gasteiger partial charge in [-0.3, -0.25) is 9.78 Å². The predicted molar refractivity (Wildman–Crippen MR) is 123 cm³/mol. The van der Waals surface area contributed by atoms with Crippen molar-refractivity contribution < 1.29 is 4.79 Å². The van der Waals surface area contributed by atoms with Crippen molar-refractivity contribution in [1.29, 1.82) is 0 Å². The highest BCUT2D eigenvalue weighted by atomic mass is 32.1. The van der Waals surface area contributed by atoms with Gasteiger partial charge in [0.2, 0.25) is 0 Å². The highest BCUT2D eigenvalue weighted by molar-refractivity contribution is 7.12. The van der Waals surface area contributed by atoms with Crippen molar-refractivity contribution in [2.75, 3.05) is 5.32 Å². The highest BCUT2D eigenvalue weighted by Gasteiger charge is 2.22. The number of aryl methyl sites for hydroxylation is 3. The summed E-state index contributed by atoms with van der Waals surface area (Å²) < 4.78 is 0. The Hall–Kier alpha value is -2.50. The Morgan fingerprint density at radius 2 is 1.83 bits per heavy atom. The Kier molecular flexibility index (Phi) is 6.50. The molecule has 0 aliphatic rings. The number of carbonyl (C=O) groups is 1. The zero-order chi connectivity index (χ0) is 21.1. The van der Waals surface area contributed by atoms with Crippen LogP contribution in [0.3, 0.4) is 0 Å². The van der Waals surface area contributed by atoms with E-state index in [1.165, 1.54) is 16.9 Å². The average molecular weight is 408 g/mol. The second kappa shape index (κ2) is 8.89. The molecule has 3 rings (SSSR count). The fourth-order valence-corrected chi connectivity index (χ4v) is 4.36. The van der Waals surface area contributed by atoms with E-state index in [2.05, 4.69) is 50.4 Å². The van der Waals surface area contributed by atoms with E-state index in [-0.39, 0.29) is 5.91 Å². The van der Waals surface area contributed by atoms with Gasteiger partial charge in [0.1, 0.15) is 0 Å². The smallest absolute Gasteiger partial charge is 0.266 e. The van der Waals surface area contributed by atoms with E-state index in [1.54, 1.807) is 0 Å². The number of nitrogens with zero attached hydrogens (tertiary/aromatic N) is 1. The third kappa shape index (κ3) is 4.57. The molecule has 0 atom stereocenters. The van der Waals surface area contributed by atoms with Gasteiger partial charge in [0.05, 0.1) is 16.3 Å². The summed E-state index contributed by atoms with van der Waals surface area (Å²) in [6, 6.07) is 10.3. The Morgan fingerprint density at radius 3 is 2.38 bits per heavy atom. The molecule has 3 N–H and O–H groups in total. The summed E-state index contributed by atoms with van der Waals surface area (Å²) >= 11 is 1.45. The number of benzene rings is 1. The summed E-state index contributed by atoms with van der Waals surface area (Å²) in [6.45, 7) is 10.7. The molecule has 2 heterocycles. The molecular weight excluding hydrogens is 378 g/mol. The van der Waals surface area contributed by atoms with Crippen molar-refractivity contribution in [1.82, 2.24) is 4.98 Å². The standard InChI is InChI=1S/C24H29N3OS/c1-14(2)12-20-19(13-25)21(18-8-6-15(3)7-9-18)22(17(5)26-20)27-24(28)23-16(4)10-11-29-23/h6-11,14H,12-13,25H2,1-5H3,(H,27,28). The van der Waals surface area contributed by atoms with Crippen molar-refractivity contribution in [2.24, 2.45) is 11.7 Å². The minimum absolute atomic E-state index is 0.102. The molecule has 4 nitrogen and oxygen atoms in total. The molecule has 2 aromatic heterocycles. The molecule has 5 heteroatoms. The molecule has 152 valence electrons. The Balaban J connectivity index is 2.19. The molecule has 0 spiro atoms. The molecular formula is C24H29N3OS. The van der Waals surface area contributed by atoms with Gasteiger partial charge >= 0.3 is 0 Å². The summed E-state index contributed by atoms with van der Waals surface area (Å²) in [5.41, 5.74) is 14.0. The van der Waals surface area contributed by atoms with E-state index in [0.29, 0.717) is 12.5 Å². The molecule has 0 bridgehead atoms. The topological polar surface area (TPSA) is 68.0 Å². The van der Waals surface area contributed by atoms with E-state index >= 15 is 0 Å². The SMILES string of the molecule is Cc1ccc(-c2c(CN)c(CC(C)C)nc(C)c2NC(=O)c2sccc2C)cc1. The Morgan fingerprint density at radius 1 is 1.14 bits per heavy atom. The number of thiophene rings is 1. The van der Waals surface area contributed by atoms with Crippen LogP contribution in [0.4, 0.5) is 5.69 Å². The maximum Gasteiger partial charge on any atom is 0.266 e. The van der Waals surface area contributed by atoms with E-state index < -0.39 is 0 Å². The summed E-state index contributed by atoms with van der Waals surface area (Å²) in [7, 11) is 0. The normalized spacial score (nSPS) is 11.1. The zero-order valence-corrected chi connectivity index (χ0v) is 18.6. The number of pyridine rings is 1. The van der Waals surface area contributed by atoms with Crippen LogP contribution < -0.4 is 11.1 Å². The quantitative estimate of drug-likeness (QED) is 0.555. The maximum atomic E-state index is 13.0. The molecule has 3 aromatic rings. The molecule has 0 aliphatic heterocycles. The number of carbonyl (C=O) groups excluding carboxylic acids is 1. The van der Waals surface area contributed by atoms with Crippen LogP contribution in [0.1, 0.15) is 51.6 Å². The van der Waals surface area contributed by atoms with E-state index in [4.69, 9.17) is 10.7 Å². The molecule has 0 radical (unpaired) electrons. The first-order chi connectivity index (χ1) is 13.8. The maximum absolute atomic E-state index is 13.0. The summed E-state index contributed by atoms with van der Waals surface area (Å²) in [6.07, 6.45) is 0.852. The zero-order valence-electron chi connectivity index (χ0n) is 17.8. The van der Waals surface area contributed by atoms with Crippen LogP contribution in [0.25, 0.3) is 11.1 Å². The first-order valence-corrected chi connectivity index (χ1v) is 10.8. The predicted octanol–water partition coefficient (Wildman–Crippen LogP) is 5.64. The van der Waals surface area contributed by atoms with Gasteiger partial charge in [0.25, 0.3) is 5.91 Å². The van der Waals surface area contributed by atoms with Crippen molar-refractivity contribution in [3.63, 3.8) is 0 Å². The van der Waals surface area contributed by atoms with Crippen molar-refractivity contribution in [3.8, 4) is 11.1 Å². The molecule has 1 aromatic carbocycles. The molecule has 29 heavy (non-hydrogen) atoms. The fraction of sp³-hybridized carbons (Fsp3) is 0.333. The van der Waals surface area contributed by atoms with Crippen LogP contribution in [-0.4, -0.2) is 10.9 Å². The van der Waals surface area contributed by atoms with Crippen LogP contribution in [0.5, 0.6) is 0 Å². The van der Waals surface area contributed by atoms with Gasteiger partial charge in [-0.05, 0) is 61.2 Å². The monoisotopic (exact) mass is 407 g/mol. The minimum Gasteiger partial charge on any atom is -0.326 e. The molecule has 0 aliphatic carbocycles. The number of hydrogen-bond donors (Lipinski definition) is 2. The number of aromatic nitrogens is 1. The van der Waals surface area contributed by atoms with Gasteiger partial charge < -0.3 is 11.1 Å². The van der Waals surface area contributed by atoms with Gasteiger partial charge in [-0.15, -0.1) is 11.3 Å². The van der Waals surface area contributed by atoms with Crippen LogP contribution in [0.2, 0.25) is 0 Å². The van der Waals surface area contributed by atoms with Gasteiger partial charge in [-0.2, -0.15) is 0 Å². The lowest BCUT2D eigenvalue weighted by Gasteiger charge is -2.21. The Labute approximate surface area is 177 Å². The van der Waals surface area contributed by atoms with E-state index in [1.807, 2.05) is 25.3 Å². The lowest BCUT2D eigenvalue weighted by atomic mass is 9.92. The second-order valence-corrected chi connectivity index (χ2v) is 8.84. The number of anilines is 1. The minimum atomic E-state index is -0.102. The van der Waals surface area contributed by atoms with Crippen molar-refractivity contribution in [2.45, 2.75) is 47.6 Å². The van der Waals surface area contributed by atoms with Crippen LogP contribution >= 0.6 is 11.3 Å². The lowest BCUT2D eigenvalue weighted by molar-refractivity contribution is 0.103. The van der Waals surface area contributed by atoms with Gasteiger partial charge in [-0.25, -0.2) is 0 Å². The van der Waals surface area contributed by atoms with Gasteiger partial charge in [0.15, 0.2) is 0 Å². The summed E-state index contributed by atoms with van der Waals surface area (Å²) in [5.74, 6) is 0.364. The molecule has 0 saturated carbocycles. The highest BCUT2D eigenvalue weighted by Crippen LogP contribution is 2.36. The molecule has 0 fully saturated rings. The largest absolute Gasteiger partial charge is 0.326 e. The first-order valence-electron chi connectivity index (χ1n) is 9.96. The third-order valence-corrected chi connectivity index (χ3v) is 6.03. The summed E-state index contributed by atoms with van der Waals surface area (Å²) in [4.78, 5) is 18.6. The van der Waals surface area contributed by atoms with E-state index in [9.17, 15) is 4.79 Å². The molecule has 0 unspecified atom stereocenters. The second-order valence-electron chi connectivity index (χ2n) is 7.93. The lowest BCUT2D eigenvalue weighted by Crippen LogP contribution is -2.17. The molecule has 1 amide bonds. The first kappa shape index (κ1) is 21.2. The van der Waals surface area contributed by atoms with Crippen LogP contribution in [0, 0.1) is 26.7 Å². The fourth-order valence-electron chi connectivity index (χ4n) is 3.54.